The van der Waals surface area contributed by atoms with E-state index in [-0.39, 0.29) is 0 Å². The molecule has 0 unspecified atom stereocenters. The first-order valence-corrected chi connectivity index (χ1v) is 14.5. The summed E-state index contributed by atoms with van der Waals surface area (Å²) in [6, 6.07) is 15.1. The maximum Gasteiger partial charge on any atom is 0.269 e. The van der Waals surface area contributed by atoms with Crippen LogP contribution in [-0.4, -0.2) is 14.9 Å². The van der Waals surface area contributed by atoms with Crippen molar-refractivity contribution in [3.05, 3.63) is 104 Å². The van der Waals surface area contributed by atoms with Gasteiger partial charge in [-0.05, 0) is 29.2 Å². The Bertz CT molecular complexity index is 1270. The fraction of sp³-hybridized carbons (Fsp3) is 0.200. The average Bonchev–Trinajstić information content (AvgIpc) is 3.53. The van der Waals surface area contributed by atoms with Crippen LogP contribution < -0.4 is 0 Å². The number of alkyl halides is 1. The average molecular weight is 639 g/mol. The molecule has 2 aromatic carbocycles. The zero-order valence-electron chi connectivity index (χ0n) is 18.7. The second-order valence-electron chi connectivity index (χ2n) is 7.18. The van der Waals surface area contributed by atoms with Crippen LogP contribution in [0.2, 0.25) is 10.0 Å². The van der Waals surface area contributed by atoms with Gasteiger partial charge in [-0.25, -0.2) is 23.1 Å². The third kappa shape index (κ3) is 8.04. The Morgan fingerprint density at radius 3 is 1.76 bits per heavy atom. The van der Waals surface area contributed by atoms with E-state index in [9.17, 15) is 0 Å². The molecule has 4 aromatic rings. The monoisotopic (exact) mass is 638 g/mol. The maximum absolute atomic E-state index is 7.16. The quantitative estimate of drug-likeness (QED) is 0.127. The number of hydrogen-bond acceptors (Lipinski definition) is 4. The highest BCUT2D eigenvalue weighted by molar-refractivity contribution is 14.1. The van der Waals surface area contributed by atoms with E-state index in [2.05, 4.69) is 42.2 Å². The predicted molar refractivity (Wildman–Crippen MR) is 155 cm³/mol. The third-order valence-electron chi connectivity index (χ3n) is 4.39. The molecule has 2 aromatic heterocycles. The van der Waals surface area contributed by atoms with Crippen molar-refractivity contribution < 1.29 is 0 Å². The van der Waals surface area contributed by atoms with Gasteiger partial charge in [0.15, 0.2) is 0 Å². The standard InChI is InChI=1S/C13H11ClN2S.C11H7ClN2S.CH3I/c1-13(2,15-3)11-8-17-12(16-11)9-4-6-10(14)7-5-9;1-13-6-10-7-15-11(14-10)8-2-4-9(12)5-3-8;1-2/h4-8H,1-2H3;2-5,7H,6H2;1H3. The van der Waals surface area contributed by atoms with Crippen molar-refractivity contribution in [2.45, 2.75) is 25.9 Å². The Hall–Kier alpha value is -2.01. The molecule has 0 saturated heterocycles. The van der Waals surface area contributed by atoms with Crippen molar-refractivity contribution in [2.24, 2.45) is 0 Å². The van der Waals surface area contributed by atoms with Crippen LogP contribution in [0.5, 0.6) is 0 Å². The smallest absolute Gasteiger partial charge is 0.269 e. The molecule has 34 heavy (non-hydrogen) atoms. The topological polar surface area (TPSA) is 34.5 Å². The van der Waals surface area contributed by atoms with Crippen molar-refractivity contribution in [1.29, 1.82) is 0 Å². The molecule has 0 aliphatic rings. The number of nitrogens with zero attached hydrogens (tertiary/aromatic N) is 4. The number of rotatable bonds is 4. The molecule has 0 fully saturated rings. The van der Waals surface area contributed by atoms with Crippen LogP contribution in [0, 0.1) is 13.1 Å². The van der Waals surface area contributed by atoms with Crippen molar-refractivity contribution in [1.82, 2.24) is 9.97 Å². The summed E-state index contributed by atoms with van der Waals surface area (Å²) in [4.78, 5) is 17.7. The molecular weight excluding hydrogens is 618 g/mol. The van der Waals surface area contributed by atoms with Gasteiger partial charge in [-0.15, -0.1) is 22.7 Å². The van der Waals surface area contributed by atoms with Crippen LogP contribution in [0.3, 0.4) is 0 Å². The first kappa shape index (κ1) is 28.2. The molecule has 0 atom stereocenters. The number of benzene rings is 2. The minimum Gasteiger partial charge on any atom is -0.310 e. The molecule has 4 rings (SSSR count). The molecule has 0 aliphatic carbocycles. The second kappa shape index (κ2) is 13.8. The van der Waals surface area contributed by atoms with Gasteiger partial charge in [0.2, 0.25) is 0 Å². The van der Waals surface area contributed by atoms with Gasteiger partial charge in [0.1, 0.15) is 21.4 Å². The lowest BCUT2D eigenvalue weighted by Gasteiger charge is -2.06. The van der Waals surface area contributed by atoms with E-state index in [0.717, 1.165) is 37.6 Å². The summed E-state index contributed by atoms with van der Waals surface area (Å²) in [6.07, 6.45) is 0. The maximum atomic E-state index is 7.16. The van der Waals surface area contributed by atoms with Crippen LogP contribution in [0.1, 0.15) is 25.2 Å². The van der Waals surface area contributed by atoms with Crippen LogP contribution in [0.15, 0.2) is 59.3 Å². The minimum atomic E-state index is -0.554. The summed E-state index contributed by atoms with van der Waals surface area (Å²) in [5.74, 6) is 0. The van der Waals surface area contributed by atoms with Crippen LogP contribution in [0.25, 0.3) is 30.8 Å². The lowest BCUT2D eigenvalue weighted by molar-refractivity contribution is 0.644. The summed E-state index contributed by atoms with van der Waals surface area (Å²) < 4.78 is 0. The number of halogens is 3. The van der Waals surface area contributed by atoms with Gasteiger partial charge in [0, 0.05) is 45.8 Å². The molecule has 0 bridgehead atoms. The molecule has 2 heterocycles. The van der Waals surface area contributed by atoms with Gasteiger partial charge in [0.25, 0.3) is 12.1 Å². The minimum absolute atomic E-state index is 0.351. The van der Waals surface area contributed by atoms with Crippen molar-refractivity contribution in [2.75, 3.05) is 4.93 Å². The van der Waals surface area contributed by atoms with E-state index >= 15 is 0 Å². The largest absolute Gasteiger partial charge is 0.310 e. The fourth-order valence-electron chi connectivity index (χ4n) is 2.52. The van der Waals surface area contributed by atoms with Gasteiger partial charge < -0.3 is 9.69 Å². The molecule has 0 N–H and O–H groups in total. The summed E-state index contributed by atoms with van der Waals surface area (Å²) >= 11 is 16.9. The summed E-state index contributed by atoms with van der Waals surface area (Å²) in [5.41, 5.74) is 3.18. The first-order chi connectivity index (χ1) is 16.3. The number of aromatic nitrogens is 2. The summed E-state index contributed by atoms with van der Waals surface area (Å²) in [7, 11) is 0. The van der Waals surface area contributed by atoms with Gasteiger partial charge in [-0.3, -0.25) is 0 Å². The lowest BCUT2D eigenvalue weighted by atomic mass is 10.0. The molecule has 174 valence electrons. The third-order valence-corrected chi connectivity index (χ3v) is 6.72. The molecule has 0 spiro atoms. The van der Waals surface area contributed by atoms with Crippen LogP contribution in [0.4, 0.5) is 0 Å². The van der Waals surface area contributed by atoms with Crippen LogP contribution >= 0.6 is 68.5 Å². The molecule has 0 saturated carbocycles. The highest BCUT2D eigenvalue weighted by Gasteiger charge is 2.29. The Morgan fingerprint density at radius 2 is 1.29 bits per heavy atom. The summed E-state index contributed by atoms with van der Waals surface area (Å²) in [5, 5.41) is 7.16. The lowest BCUT2D eigenvalue weighted by Crippen LogP contribution is -2.11. The van der Waals surface area contributed by atoms with Crippen molar-refractivity contribution >= 4 is 68.5 Å². The Balaban J connectivity index is 0.000000225. The summed E-state index contributed by atoms with van der Waals surface area (Å²) in [6.45, 7) is 18.0. The van der Waals surface area contributed by atoms with E-state index < -0.39 is 5.54 Å². The highest BCUT2D eigenvalue weighted by atomic mass is 127. The van der Waals surface area contributed by atoms with Gasteiger partial charge >= 0.3 is 0 Å². The predicted octanol–water partition coefficient (Wildman–Crippen LogP) is 9.55. The Kier molecular flexibility index (Phi) is 11.4. The van der Waals surface area contributed by atoms with Gasteiger partial charge in [0.05, 0.1) is 0 Å². The highest BCUT2D eigenvalue weighted by Crippen LogP contribution is 2.31. The van der Waals surface area contributed by atoms with Crippen LogP contribution in [-0.2, 0) is 12.1 Å². The zero-order chi connectivity index (χ0) is 25.1. The van der Waals surface area contributed by atoms with Gasteiger partial charge in [-0.1, -0.05) is 70.1 Å². The Labute approximate surface area is 232 Å². The molecule has 0 aliphatic heterocycles. The van der Waals surface area contributed by atoms with E-state index in [1.54, 1.807) is 22.7 Å². The first-order valence-electron chi connectivity index (χ1n) is 9.84. The van der Waals surface area contributed by atoms with Crippen molar-refractivity contribution in [3.8, 4) is 21.1 Å². The number of hydrogen-bond donors (Lipinski definition) is 0. The molecular formula is C25H21Cl2IN4S2. The number of thiazole rings is 2. The molecule has 0 amide bonds. The second-order valence-corrected chi connectivity index (χ2v) is 9.77. The fourth-order valence-corrected chi connectivity index (χ4v) is 4.58. The Morgan fingerprint density at radius 1 is 0.824 bits per heavy atom. The molecule has 4 nitrogen and oxygen atoms in total. The zero-order valence-corrected chi connectivity index (χ0v) is 24.0. The normalized spacial score (nSPS) is 10.1. The SMILES string of the molecule is CI.[C-]#[N+]C(C)(C)c1csc(-c2ccc(Cl)cc2)n1.[C-]#[N+]Cc1csc(-c2ccc(Cl)cc2)n1. The van der Waals surface area contributed by atoms with Crippen molar-refractivity contribution in [3.63, 3.8) is 0 Å². The van der Waals surface area contributed by atoms with Gasteiger partial charge in [-0.2, -0.15) is 0 Å². The molecule has 9 heteroatoms. The van der Waals surface area contributed by atoms with E-state index in [1.165, 1.54) is 0 Å². The van der Waals surface area contributed by atoms with E-state index in [0.29, 0.717) is 11.6 Å². The molecule has 0 radical (unpaired) electrons. The van der Waals surface area contributed by atoms with E-state index in [4.69, 9.17) is 36.3 Å². The van der Waals surface area contributed by atoms with E-state index in [1.807, 2.05) is 78.1 Å².